The minimum Gasteiger partial charge on any atom is -0.394 e. The maximum Gasteiger partial charge on any atom is 0.333 e. The summed E-state index contributed by atoms with van der Waals surface area (Å²) in [6.07, 6.45) is 1.22. The van der Waals surface area contributed by atoms with E-state index < -0.39 is 24.1 Å². The highest BCUT2D eigenvalue weighted by Gasteiger charge is 2.35. The first-order valence-corrected chi connectivity index (χ1v) is 7.25. The van der Waals surface area contributed by atoms with Gasteiger partial charge in [-0.2, -0.15) is 0 Å². The van der Waals surface area contributed by atoms with E-state index in [0.717, 1.165) is 10.1 Å². The highest BCUT2D eigenvalue weighted by molar-refractivity contribution is 5.05. The van der Waals surface area contributed by atoms with Crippen LogP contribution in [0.25, 0.3) is 0 Å². The summed E-state index contributed by atoms with van der Waals surface area (Å²) in [6.45, 7) is 5.29. The summed E-state index contributed by atoms with van der Waals surface area (Å²) in [5.41, 5.74) is 0.611. The molecule has 1 aliphatic heterocycles. The van der Waals surface area contributed by atoms with Gasteiger partial charge in [-0.3, -0.25) is 13.9 Å². The van der Waals surface area contributed by atoms with E-state index >= 15 is 0 Å². The molecule has 1 aliphatic rings. The van der Waals surface area contributed by atoms with Gasteiger partial charge >= 0.3 is 5.69 Å². The molecule has 1 aromatic rings. The third-order valence-electron chi connectivity index (χ3n) is 3.74. The number of aliphatic hydroxyl groups is 2. The minimum absolute atomic E-state index is 0.195. The van der Waals surface area contributed by atoms with Crippen LogP contribution < -0.4 is 11.2 Å². The van der Waals surface area contributed by atoms with Crippen molar-refractivity contribution in [3.63, 3.8) is 0 Å². The number of allylic oxidation sites excluding steroid dienone is 2. The molecule has 2 N–H and O–H groups in total. The summed E-state index contributed by atoms with van der Waals surface area (Å²) in [4.78, 5) is 24.7. The minimum atomic E-state index is -0.833. The van der Waals surface area contributed by atoms with E-state index in [1.807, 2.05) is 13.8 Å². The number of ether oxygens (including phenoxy) is 1. The highest BCUT2D eigenvalue weighted by atomic mass is 16.5. The lowest BCUT2D eigenvalue weighted by Crippen LogP contribution is -2.42. The van der Waals surface area contributed by atoms with Crippen molar-refractivity contribution in [3.05, 3.63) is 44.2 Å². The van der Waals surface area contributed by atoms with Crippen LogP contribution in [0.3, 0.4) is 0 Å². The zero-order valence-corrected chi connectivity index (χ0v) is 13.0. The van der Waals surface area contributed by atoms with Gasteiger partial charge in [-0.25, -0.2) is 4.79 Å². The zero-order chi connectivity index (χ0) is 16.4. The summed E-state index contributed by atoms with van der Waals surface area (Å²) >= 11 is 0. The van der Waals surface area contributed by atoms with Crippen molar-refractivity contribution in [1.82, 2.24) is 9.13 Å². The molecule has 0 aromatic carbocycles. The molecule has 0 unspecified atom stereocenters. The molecule has 3 atom stereocenters. The van der Waals surface area contributed by atoms with Gasteiger partial charge in [0.15, 0.2) is 0 Å². The van der Waals surface area contributed by atoms with E-state index in [9.17, 15) is 14.7 Å². The Hall–Kier alpha value is -1.70. The number of hydrogen-bond acceptors (Lipinski definition) is 5. The van der Waals surface area contributed by atoms with Crippen molar-refractivity contribution < 1.29 is 14.9 Å². The molecule has 22 heavy (non-hydrogen) atoms. The van der Waals surface area contributed by atoms with Gasteiger partial charge in [-0.1, -0.05) is 11.6 Å². The molecule has 0 aliphatic carbocycles. The van der Waals surface area contributed by atoms with E-state index in [4.69, 9.17) is 9.84 Å². The Balaban J connectivity index is 2.44. The number of hydrogen-bond donors (Lipinski definition) is 2. The van der Waals surface area contributed by atoms with E-state index in [1.165, 1.54) is 10.8 Å². The van der Waals surface area contributed by atoms with Crippen LogP contribution in [0.2, 0.25) is 0 Å². The largest absolute Gasteiger partial charge is 0.394 e. The van der Waals surface area contributed by atoms with E-state index in [-0.39, 0.29) is 25.1 Å². The lowest BCUT2D eigenvalue weighted by molar-refractivity contribution is -0.0463. The van der Waals surface area contributed by atoms with Crippen LogP contribution in [0.1, 0.15) is 32.1 Å². The van der Waals surface area contributed by atoms with E-state index in [0.29, 0.717) is 5.56 Å². The third kappa shape index (κ3) is 3.21. The Morgan fingerprint density at radius 1 is 1.45 bits per heavy atom. The van der Waals surface area contributed by atoms with Gasteiger partial charge in [0.25, 0.3) is 5.56 Å². The van der Waals surface area contributed by atoms with E-state index in [1.54, 1.807) is 13.0 Å². The van der Waals surface area contributed by atoms with Gasteiger partial charge in [0.05, 0.1) is 12.7 Å². The summed E-state index contributed by atoms with van der Waals surface area (Å²) in [6, 6.07) is 0. The topological polar surface area (TPSA) is 93.7 Å². The molecule has 1 fully saturated rings. The second kappa shape index (κ2) is 6.60. The van der Waals surface area contributed by atoms with Crippen LogP contribution in [-0.2, 0) is 11.3 Å². The molecular weight excluding hydrogens is 288 g/mol. The summed E-state index contributed by atoms with van der Waals surface area (Å²) in [5, 5.41) is 18.9. The third-order valence-corrected chi connectivity index (χ3v) is 3.74. The number of rotatable bonds is 4. The van der Waals surface area contributed by atoms with Crippen molar-refractivity contribution in [2.24, 2.45) is 0 Å². The van der Waals surface area contributed by atoms with Crippen molar-refractivity contribution in [1.29, 1.82) is 0 Å². The molecule has 0 spiro atoms. The highest BCUT2D eigenvalue weighted by Crippen LogP contribution is 2.27. The first kappa shape index (κ1) is 16.7. The number of nitrogens with zero attached hydrogens (tertiary/aromatic N) is 2. The summed E-state index contributed by atoms with van der Waals surface area (Å²) in [7, 11) is 0. The van der Waals surface area contributed by atoms with Crippen LogP contribution in [0.4, 0.5) is 0 Å². The Morgan fingerprint density at radius 3 is 2.68 bits per heavy atom. The second-order valence-electron chi connectivity index (χ2n) is 5.81. The quantitative estimate of drug-likeness (QED) is 0.759. The zero-order valence-electron chi connectivity index (χ0n) is 13.0. The first-order chi connectivity index (χ1) is 10.3. The van der Waals surface area contributed by atoms with Gasteiger partial charge in [-0.05, 0) is 20.8 Å². The molecule has 2 heterocycles. The second-order valence-corrected chi connectivity index (χ2v) is 5.81. The Bertz CT molecular complexity index is 684. The lowest BCUT2D eigenvalue weighted by atomic mass is 10.2. The van der Waals surface area contributed by atoms with Gasteiger partial charge in [0.2, 0.25) is 0 Å². The SMILES string of the molecule is CC(C)=CCn1c(=O)c(C)cn([C@H]2C[C@@H](O)[C@@H](CO)O2)c1=O. The number of aliphatic hydroxyl groups excluding tert-OH is 2. The number of aromatic nitrogens is 2. The predicted molar refractivity (Wildman–Crippen MR) is 80.7 cm³/mol. The van der Waals surface area contributed by atoms with Crippen molar-refractivity contribution in [2.75, 3.05) is 6.61 Å². The standard InChI is InChI=1S/C15H22N2O5/c1-9(2)4-5-16-14(20)10(3)7-17(15(16)21)13-6-11(19)12(8-18)22-13/h4,7,11-13,18-19H,5-6,8H2,1-3H3/t11-,12-,13-/m1/s1. The summed E-state index contributed by atoms with van der Waals surface area (Å²) < 4.78 is 7.95. The van der Waals surface area contributed by atoms with Crippen LogP contribution >= 0.6 is 0 Å². The average Bonchev–Trinajstić information content (AvgIpc) is 2.83. The first-order valence-electron chi connectivity index (χ1n) is 7.25. The molecule has 0 radical (unpaired) electrons. The maximum absolute atomic E-state index is 12.5. The Labute approximate surface area is 128 Å². The van der Waals surface area contributed by atoms with Gasteiger partial charge in [-0.15, -0.1) is 0 Å². The molecule has 1 saturated heterocycles. The summed E-state index contributed by atoms with van der Waals surface area (Å²) in [5.74, 6) is 0. The molecule has 0 bridgehead atoms. The monoisotopic (exact) mass is 310 g/mol. The predicted octanol–water partition coefficient (Wildman–Crippen LogP) is -0.0747. The maximum atomic E-state index is 12.5. The Kier molecular flexibility index (Phi) is 5.00. The smallest absolute Gasteiger partial charge is 0.333 e. The average molecular weight is 310 g/mol. The lowest BCUT2D eigenvalue weighted by Gasteiger charge is -2.17. The van der Waals surface area contributed by atoms with E-state index in [2.05, 4.69) is 0 Å². The van der Waals surface area contributed by atoms with Crippen LogP contribution in [-0.4, -0.2) is 38.2 Å². The molecule has 0 amide bonds. The fraction of sp³-hybridized carbons (Fsp3) is 0.600. The fourth-order valence-corrected chi connectivity index (χ4v) is 2.45. The molecular formula is C15H22N2O5. The molecule has 7 heteroatoms. The molecule has 2 rings (SSSR count). The van der Waals surface area contributed by atoms with Crippen LogP contribution in [0, 0.1) is 6.92 Å². The molecule has 1 aromatic heterocycles. The fourth-order valence-electron chi connectivity index (χ4n) is 2.45. The van der Waals surface area contributed by atoms with Crippen molar-refractivity contribution in [2.45, 2.75) is 52.2 Å². The van der Waals surface area contributed by atoms with Crippen molar-refractivity contribution in [3.8, 4) is 0 Å². The van der Waals surface area contributed by atoms with Crippen molar-refractivity contribution >= 4 is 0 Å². The van der Waals surface area contributed by atoms with Crippen LogP contribution in [0.5, 0.6) is 0 Å². The Morgan fingerprint density at radius 2 is 2.14 bits per heavy atom. The molecule has 0 saturated carbocycles. The van der Waals surface area contributed by atoms with Crippen LogP contribution in [0.15, 0.2) is 27.4 Å². The molecule has 122 valence electrons. The normalized spacial score (nSPS) is 24.5. The van der Waals surface area contributed by atoms with Gasteiger partial charge in [0, 0.05) is 24.7 Å². The number of aryl methyl sites for hydroxylation is 1. The molecule has 7 nitrogen and oxygen atoms in total. The van der Waals surface area contributed by atoms with Gasteiger partial charge < -0.3 is 14.9 Å². The van der Waals surface area contributed by atoms with Gasteiger partial charge in [0.1, 0.15) is 12.3 Å².